The Labute approximate surface area is 109 Å². The van der Waals surface area contributed by atoms with Crippen molar-refractivity contribution in [3.8, 4) is 11.1 Å². The summed E-state index contributed by atoms with van der Waals surface area (Å²) in [5.74, 6) is -3.74. The first-order valence-corrected chi connectivity index (χ1v) is 6.17. The summed E-state index contributed by atoms with van der Waals surface area (Å²) in [5, 5.41) is 3.23. The maximum Gasteiger partial charge on any atom is 0.195 e. The second-order valence-electron chi connectivity index (χ2n) is 4.63. The van der Waals surface area contributed by atoms with Crippen LogP contribution in [0.5, 0.6) is 0 Å². The van der Waals surface area contributed by atoms with E-state index in [1.807, 2.05) is 6.07 Å². The fourth-order valence-corrected chi connectivity index (χ4v) is 2.38. The van der Waals surface area contributed by atoms with E-state index in [0.717, 1.165) is 36.7 Å². The van der Waals surface area contributed by atoms with E-state index < -0.39 is 17.5 Å². The number of rotatable bonds is 1. The number of aryl methyl sites for hydroxylation is 1. The molecule has 1 aliphatic heterocycles. The van der Waals surface area contributed by atoms with Gasteiger partial charge in [-0.15, -0.1) is 0 Å². The molecule has 0 atom stereocenters. The standard InChI is InChI=1S/C15H12F3N/c16-12-6-5-11(14(17)15(12)18)10-4-3-9-2-1-7-19-13(9)8-10/h3-6,8,19H,1-2,7H2. The van der Waals surface area contributed by atoms with Crippen LogP contribution >= 0.6 is 0 Å². The van der Waals surface area contributed by atoms with Gasteiger partial charge in [0.2, 0.25) is 0 Å². The van der Waals surface area contributed by atoms with Crippen LogP contribution in [-0.4, -0.2) is 6.54 Å². The molecule has 1 heterocycles. The molecular formula is C15H12F3N. The van der Waals surface area contributed by atoms with Crippen molar-refractivity contribution < 1.29 is 13.2 Å². The van der Waals surface area contributed by atoms with Crippen LogP contribution < -0.4 is 5.32 Å². The second kappa shape index (κ2) is 4.61. The van der Waals surface area contributed by atoms with E-state index in [1.165, 1.54) is 6.07 Å². The summed E-state index contributed by atoms with van der Waals surface area (Å²) in [6.07, 6.45) is 2.04. The molecule has 0 unspecified atom stereocenters. The summed E-state index contributed by atoms with van der Waals surface area (Å²) in [5.41, 5.74) is 2.73. The van der Waals surface area contributed by atoms with E-state index in [2.05, 4.69) is 5.32 Å². The zero-order chi connectivity index (χ0) is 13.4. The monoisotopic (exact) mass is 263 g/mol. The average Bonchev–Trinajstić information content (AvgIpc) is 2.44. The van der Waals surface area contributed by atoms with Crippen LogP contribution in [0.4, 0.5) is 18.9 Å². The predicted molar refractivity (Wildman–Crippen MR) is 68.6 cm³/mol. The minimum absolute atomic E-state index is 0.0778. The summed E-state index contributed by atoms with van der Waals surface area (Å²) in [6, 6.07) is 7.63. The fraction of sp³-hybridized carbons (Fsp3) is 0.200. The molecule has 2 aromatic carbocycles. The Hall–Kier alpha value is -1.97. The Kier molecular flexibility index (Phi) is 2.93. The van der Waals surface area contributed by atoms with Crippen molar-refractivity contribution in [2.75, 3.05) is 11.9 Å². The maximum absolute atomic E-state index is 13.7. The van der Waals surface area contributed by atoms with Crippen LogP contribution in [0.1, 0.15) is 12.0 Å². The van der Waals surface area contributed by atoms with Crippen LogP contribution in [0.25, 0.3) is 11.1 Å². The van der Waals surface area contributed by atoms with E-state index in [-0.39, 0.29) is 5.56 Å². The van der Waals surface area contributed by atoms with Gasteiger partial charge in [-0.3, -0.25) is 0 Å². The molecule has 0 amide bonds. The van der Waals surface area contributed by atoms with Crippen molar-refractivity contribution in [1.82, 2.24) is 0 Å². The van der Waals surface area contributed by atoms with Gasteiger partial charge in [0.15, 0.2) is 17.5 Å². The molecule has 1 N–H and O–H groups in total. The Morgan fingerprint density at radius 1 is 0.947 bits per heavy atom. The lowest BCUT2D eigenvalue weighted by atomic mass is 9.97. The predicted octanol–water partition coefficient (Wildman–Crippen LogP) is 4.13. The van der Waals surface area contributed by atoms with Crippen molar-refractivity contribution in [2.24, 2.45) is 0 Å². The summed E-state index contributed by atoms with van der Waals surface area (Å²) in [4.78, 5) is 0. The Morgan fingerprint density at radius 2 is 1.79 bits per heavy atom. The molecule has 1 aliphatic rings. The topological polar surface area (TPSA) is 12.0 Å². The smallest absolute Gasteiger partial charge is 0.195 e. The largest absolute Gasteiger partial charge is 0.385 e. The van der Waals surface area contributed by atoms with E-state index in [0.29, 0.717) is 5.56 Å². The third-order valence-corrected chi connectivity index (χ3v) is 3.39. The van der Waals surface area contributed by atoms with E-state index in [4.69, 9.17) is 0 Å². The SMILES string of the molecule is Fc1ccc(-c2ccc3c(c2)NCCC3)c(F)c1F. The van der Waals surface area contributed by atoms with Gasteiger partial charge in [0.05, 0.1) is 0 Å². The Bertz CT molecular complexity index is 638. The van der Waals surface area contributed by atoms with Crippen molar-refractivity contribution in [3.63, 3.8) is 0 Å². The first kappa shape index (κ1) is 12.1. The molecule has 2 aromatic rings. The maximum atomic E-state index is 13.7. The lowest BCUT2D eigenvalue weighted by Gasteiger charge is -2.19. The molecule has 0 aliphatic carbocycles. The van der Waals surface area contributed by atoms with Gasteiger partial charge in [0, 0.05) is 17.8 Å². The number of benzene rings is 2. The van der Waals surface area contributed by atoms with Gasteiger partial charge >= 0.3 is 0 Å². The summed E-state index contributed by atoms with van der Waals surface area (Å²) in [6.45, 7) is 0.872. The van der Waals surface area contributed by atoms with Gasteiger partial charge in [-0.1, -0.05) is 12.1 Å². The van der Waals surface area contributed by atoms with Gasteiger partial charge in [0.25, 0.3) is 0 Å². The van der Waals surface area contributed by atoms with Crippen LogP contribution in [0.3, 0.4) is 0 Å². The molecule has 0 fully saturated rings. The van der Waals surface area contributed by atoms with E-state index in [9.17, 15) is 13.2 Å². The number of hydrogen-bond donors (Lipinski definition) is 1. The highest BCUT2D eigenvalue weighted by Crippen LogP contribution is 2.31. The Morgan fingerprint density at radius 3 is 2.63 bits per heavy atom. The first-order valence-electron chi connectivity index (χ1n) is 6.17. The van der Waals surface area contributed by atoms with Crippen molar-refractivity contribution in [1.29, 1.82) is 0 Å². The number of anilines is 1. The molecule has 0 saturated heterocycles. The third kappa shape index (κ3) is 2.07. The number of fused-ring (bicyclic) bond motifs is 1. The summed E-state index contributed by atoms with van der Waals surface area (Å²) >= 11 is 0. The highest BCUT2D eigenvalue weighted by Gasteiger charge is 2.16. The molecule has 0 radical (unpaired) electrons. The highest BCUT2D eigenvalue weighted by atomic mass is 19.2. The van der Waals surface area contributed by atoms with Crippen molar-refractivity contribution >= 4 is 5.69 Å². The van der Waals surface area contributed by atoms with Crippen LogP contribution in [0, 0.1) is 17.5 Å². The minimum atomic E-state index is -1.43. The van der Waals surface area contributed by atoms with Gasteiger partial charge in [-0.25, -0.2) is 13.2 Å². The number of nitrogens with one attached hydrogen (secondary N) is 1. The lowest BCUT2D eigenvalue weighted by Crippen LogP contribution is -2.11. The molecule has 0 bridgehead atoms. The molecule has 0 spiro atoms. The Balaban J connectivity index is 2.10. The zero-order valence-electron chi connectivity index (χ0n) is 10.1. The molecule has 4 heteroatoms. The quantitative estimate of drug-likeness (QED) is 0.763. The van der Waals surface area contributed by atoms with Crippen LogP contribution in [-0.2, 0) is 6.42 Å². The van der Waals surface area contributed by atoms with Gasteiger partial charge in [-0.2, -0.15) is 0 Å². The molecule has 0 aromatic heterocycles. The molecule has 1 nitrogen and oxygen atoms in total. The number of halogens is 3. The molecular weight excluding hydrogens is 251 g/mol. The minimum Gasteiger partial charge on any atom is -0.385 e. The third-order valence-electron chi connectivity index (χ3n) is 3.39. The fourth-order valence-electron chi connectivity index (χ4n) is 2.38. The lowest BCUT2D eigenvalue weighted by molar-refractivity contribution is 0.449. The van der Waals surface area contributed by atoms with Crippen LogP contribution in [0.2, 0.25) is 0 Å². The molecule has 19 heavy (non-hydrogen) atoms. The number of hydrogen-bond acceptors (Lipinski definition) is 1. The van der Waals surface area contributed by atoms with Crippen molar-refractivity contribution in [2.45, 2.75) is 12.8 Å². The van der Waals surface area contributed by atoms with Crippen molar-refractivity contribution in [3.05, 3.63) is 53.3 Å². The summed E-state index contributed by atoms with van der Waals surface area (Å²) < 4.78 is 39.9. The normalized spacial score (nSPS) is 13.8. The van der Waals surface area contributed by atoms with E-state index >= 15 is 0 Å². The van der Waals surface area contributed by atoms with Gasteiger partial charge in [0.1, 0.15) is 0 Å². The first-order chi connectivity index (χ1) is 9.16. The van der Waals surface area contributed by atoms with Gasteiger partial charge < -0.3 is 5.32 Å². The van der Waals surface area contributed by atoms with E-state index in [1.54, 1.807) is 12.1 Å². The molecule has 0 saturated carbocycles. The molecule has 98 valence electrons. The van der Waals surface area contributed by atoms with Gasteiger partial charge in [-0.05, 0) is 42.2 Å². The highest BCUT2D eigenvalue weighted by molar-refractivity contribution is 5.71. The average molecular weight is 263 g/mol. The molecule has 3 rings (SSSR count). The second-order valence-corrected chi connectivity index (χ2v) is 4.63. The summed E-state index contributed by atoms with van der Waals surface area (Å²) in [7, 11) is 0. The van der Waals surface area contributed by atoms with Crippen LogP contribution in [0.15, 0.2) is 30.3 Å². The zero-order valence-corrected chi connectivity index (χ0v) is 10.1.